The summed E-state index contributed by atoms with van der Waals surface area (Å²) in [4.78, 5) is 16.4. The molecule has 0 aliphatic carbocycles. The van der Waals surface area contributed by atoms with Crippen molar-refractivity contribution >= 4 is 11.7 Å². The molecule has 0 saturated carbocycles. The Morgan fingerprint density at radius 3 is 3.04 bits per heavy atom. The lowest BCUT2D eigenvalue weighted by Crippen LogP contribution is -2.30. The summed E-state index contributed by atoms with van der Waals surface area (Å²) >= 11 is 0. The van der Waals surface area contributed by atoms with Gasteiger partial charge in [-0.25, -0.2) is 4.79 Å². The van der Waals surface area contributed by atoms with Crippen molar-refractivity contribution in [2.75, 3.05) is 18.5 Å². The van der Waals surface area contributed by atoms with Crippen LogP contribution in [-0.2, 0) is 11.2 Å². The Labute approximate surface area is 155 Å². The summed E-state index contributed by atoms with van der Waals surface area (Å²) in [6.07, 6.45) is 3.91. The number of furan rings is 1. The second-order valence-corrected chi connectivity index (χ2v) is 6.24. The van der Waals surface area contributed by atoms with E-state index in [4.69, 9.17) is 13.7 Å². The molecule has 2 N–H and O–H groups in total. The molecule has 2 aromatic heterocycles. The Morgan fingerprint density at radius 1 is 1.26 bits per heavy atom. The van der Waals surface area contributed by atoms with Gasteiger partial charge < -0.3 is 24.3 Å². The van der Waals surface area contributed by atoms with E-state index >= 15 is 0 Å². The molecule has 0 radical (unpaired) electrons. The number of amides is 2. The summed E-state index contributed by atoms with van der Waals surface area (Å²) < 4.78 is 16.1. The maximum absolute atomic E-state index is 12.1. The summed E-state index contributed by atoms with van der Waals surface area (Å²) in [5.41, 5.74) is 1.58. The molecule has 8 nitrogen and oxygen atoms in total. The van der Waals surface area contributed by atoms with Crippen molar-refractivity contribution in [2.24, 2.45) is 0 Å². The third kappa shape index (κ3) is 4.35. The molecule has 4 rings (SSSR count). The first kappa shape index (κ1) is 17.3. The number of rotatable bonds is 6. The van der Waals surface area contributed by atoms with Crippen molar-refractivity contribution in [2.45, 2.75) is 25.4 Å². The van der Waals surface area contributed by atoms with Gasteiger partial charge in [-0.15, -0.1) is 0 Å². The standard InChI is InChI=1S/C19H20N4O4/c24-19(21-14-5-1-4-13(12-14)15-6-2-10-25-15)20-9-8-17-22-18(27-23-17)16-7-3-11-26-16/h1-2,4-6,10,12,16H,3,7-9,11H2,(H2,20,21,24). The number of benzene rings is 1. The first-order chi connectivity index (χ1) is 13.3. The van der Waals surface area contributed by atoms with Gasteiger partial charge in [0.1, 0.15) is 11.9 Å². The Balaban J connectivity index is 1.26. The number of anilines is 1. The van der Waals surface area contributed by atoms with Gasteiger partial charge in [-0.3, -0.25) is 0 Å². The van der Waals surface area contributed by atoms with E-state index in [1.807, 2.05) is 36.4 Å². The summed E-state index contributed by atoms with van der Waals surface area (Å²) in [7, 11) is 0. The molecule has 1 fully saturated rings. The fourth-order valence-electron chi connectivity index (χ4n) is 2.93. The van der Waals surface area contributed by atoms with E-state index in [-0.39, 0.29) is 12.1 Å². The first-order valence-corrected chi connectivity index (χ1v) is 8.91. The maximum Gasteiger partial charge on any atom is 0.319 e. The van der Waals surface area contributed by atoms with Crippen molar-refractivity contribution < 1.29 is 18.5 Å². The zero-order valence-corrected chi connectivity index (χ0v) is 14.7. The van der Waals surface area contributed by atoms with Crippen LogP contribution in [0.15, 0.2) is 51.6 Å². The van der Waals surface area contributed by atoms with Gasteiger partial charge >= 0.3 is 6.03 Å². The Bertz CT molecular complexity index is 885. The predicted molar refractivity (Wildman–Crippen MR) is 97.1 cm³/mol. The smallest absolute Gasteiger partial charge is 0.319 e. The molecule has 3 heterocycles. The van der Waals surface area contributed by atoms with E-state index in [1.54, 1.807) is 6.26 Å². The van der Waals surface area contributed by atoms with Crippen molar-refractivity contribution in [3.63, 3.8) is 0 Å². The van der Waals surface area contributed by atoms with E-state index < -0.39 is 0 Å². The number of urea groups is 1. The van der Waals surface area contributed by atoms with Gasteiger partial charge in [0.05, 0.1) is 6.26 Å². The molecule has 0 spiro atoms. The van der Waals surface area contributed by atoms with Crippen molar-refractivity contribution in [3.05, 3.63) is 54.4 Å². The SMILES string of the molecule is O=C(NCCc1noc(C2CCCO2)n1)Nc1cccc(-c2ccco2)c1. The molecule has 27 heavy (non-hydrogen) atoms. The molecule has 1 aliphatic heterocycles. The fourth-order valence-corrected chi connectivity index (χ4v) is 2.93. The van der Waals surface area contributed by atoms with Crippen molar-refractivity contribution in [1.82, 2.24) is 15.5 Å². The number of aromatic nitrogens is 2. The summed E-state index contributed by atoms with van der Waals surface area (Å²) in [6.45, 7) is 1.12. The average molecular weight is 368 g/mol. The van der Waals surface area contributed by atoms with E-state index in [0.29, 0.717) is 30.4 Å². The topological polar surface area (TPSA) is 102 Å². The lowest BCUT2D eigenvalue weighted by molar-refractivity contribution is 0.0835. The number of carbonyl (C=O) groups is 1. The highest BCUT2D eigenvalue weighted by atomic mass is 16.5. The van der Waals surface area contributed by atoms with Gasteiger partial charge in [0.2, 0.25) is 0 Å². The van der Waals surface area contributed by atoms with Gasteiger partial charge in [0.25, 0.3) is 5.89 Å². The molecule has 1 unspecified atom stereocenters. The highest BCUT2D eigenvalue weighted by Gasteiger charge is 2.23. The summed E-state index contributed by atoms with van der Waals surface area (Å²) in [6, 6.07) is 10.8. The Hall–Kier alpha value is -3.13. The van der Waals surface area contributed by atoms with Crippen LogP contribution < -0.4 is 10.6 Å². The molecule has 0 bridgehead atoms. The second-order valence-electron chi connectivity index (χ2n) is 6.24. The minimum atomic E-state index is -0.297. The quantitative estimate of drug-likeness (QED) is 0.690. The minimum Gasteiger partial charge on any atom is -0.464 e. The van der Waals surface area contributed by atoms with Crippen LogP contribution >= 0.6 is 0 Å². The van der Waals surface area contributed by atoms with Crippen LogP contribution in [0.4, 0.5) is 10.5 Å². The average Bonchev–Trinajstić information content (AvgIpc) is 3.43. The Morgan fingerprint density at radius 2 is 2.22 bits per heavy atom. The summed E-state index contributed by atoms with van der Waals surface area (Å²) in [5.74, 6) is 1.82. The Kier molecular flexibility index (Phi) is 5.15. The highest BCUT2D eigenvalue weighted by Crippen LogP contribution is 2.27. The molecule has 2 amide bonds. The predicted octanol–water partition coefficient (Wildman–Crippen LogP) is 3.55. The first-order valence-electron chi connectivity index (χ1n) is 8.91. The molecule has 8 heteroatoms. The number of ether oxygens (including phenoxy) is 1. The number of nitrogens with one attached hydrogen (secondary N) is 2. The molecule has 1 aliphatic rings. The number of nitrogens with zero attached hydrogens (tertiary/aromatic N) is 2. The fraction of sp³-hybridized carbons (Fsp3) is 0.316. The van der Waals surface area contributed by atoms with Gasteiger partial charge in [-0.05, 0) is 37.1 Å². The van der Waals surface area contributed by atoms with Gasteiger partial charge in [0, 0.05) is 30.8 Å². The molecule has 3 aromatic rings. The summed E-state index contributed by atoms with van der Waals surface area (Å²) in [5, 5.41) is 9.52. The monoisotopic (exact) mass is 368 g/mol. The van der Waals surface area contributed by atoms with E-state index in [9.17, 15) is 4.79 Å². The number of carbonyl (C=O) groups excluding carboxylic acids is 1. The third-order valence-electron chi connectivity index (χ3n) is 4.25. The van der Waals surface area contributed by atoms with E-state index in [2.05, 4.69) is 20.8 Å². The van der Waals surface area contributed by atoms with Gasteiger partial charge in [-0.1, -0.05) is 17.3 Å². The zero-order valence-electron chi connectivity index (χ0n) is 14.7. The van der Waals surface area contributed by atoms with E-state index in [0.717, 1.165) is 30.8 Å². The van der Waals surface area contributed by atoms with Gasteiger partial charge in [-0.2, -0.15) is 4.98 Å². The van der Waals surface area contributed by atoms with Crippen molar-refractivity contribution in [1.29, 1.82) is 0 Å². The highest BCUT2D eigenvalue weighted by molar-refractivity contribution is 5.89. The molecule has 1 saturated heterocycles. The maximum atomic E-state index is 12.1. The van der Waals surface area contributed by atoms with Crippen LogP contribution in [0, 0.1) is 0 Å². The van der Waals surface area contributed by atoms with Crippen molar-refractivity contribution in [3.8, 4) is 11.3 Å². The molecule has 1 atom stereocenters. The van der Waals surface area contributed by atoms with Crippen LogP contribution in [0.5, 0.6) is 0 Å². The van der Waals surface area contributed by atoms with E-state index in [1.165, 1.54) is 0 Å². The van der Waals surface area contributed by atoms with Crippen LogP contribution in [0.1, 0.15) is 30.7 Å². The molecule has 140 valence electrons. The van der Waals surface area contributed by atoms with Crippen LogP contribution in [0.25, 0.3) is 11.3 Å². The third-order valence-corrected chi connectivity index (χ3v) is 4.25. The lowest BCUT2D eigenvalue weighted by Gasteiger charge is -2.07. The van der Waals surface area contributed by atoms with Crippen LogP contribution in [0.3, 0.4) is 0 Å². The second kappa shape index (κ2) is 8.05. The van der Waals surface area contributed by atoms with Gasteiger partial charge in [0.15, 0.2) is 5.82 Å². The molecular formula is C19H20N4O4. The molecular weight excluding hydrogens is 348 g/mol. The zero-order chi connectivity index (χ0) is 18.5. The molecule has 1 aromatic carbocycles. The normalized spacial score (nSPS) is 16.4. The van der Waals surface area contributed by atoms with Crippen LogP contribution in [-0.4, -0.2) is 29.3 Å². The largest absolute Gasteiger partial charge is 0.464 e. The number of hydrogen-bond acceptors (Lipinski definition) is 6. The van der Waals surface area contributed by atoms with Crippen LogP contribution in [0.2, 0.25) is 0 Å². The lowest BCUT2D eigenvalue weighted by atomic mass is 10.1. The number of hydrogen-bond donors (Lipinski definition) is 2. The minimum absolute atomic E-state index is 0.0936.